The Bertz CT molecular complexity index is 1110. The molecule has 0 saturated heterocycles. The fraction of sp³-hybridized carbons (Fsp3) is 0.0588. The van der Waals surface area contributed by atoms with Crippen LogP contribution in [0.2, 0.25) is 4.47 Å². The van der Waals surface area contributed by atoms with E-state index >= 15 is 0 Å². The number of hydrogen-bond acceptors (Lipinski definition) is 6. The summed E-state index contributed by atoms with van der Waals surface area (Å²) >= 11 is 7.28. The molecule has 4 aromatic rings. The van der Waals surface area contributed by atoms with Gasteiger partial charge in [0.2, 0.25) is 0 Å². The number of thiazole rings is 1. The van der Waals surface area contributed by atoms with Crippen LogP contribution in [0.25, 0.3) is 16.9 Å². The molecule has 9 heteroatoms. The first-order valence-electron chi connectivity index (χ1n) is 7.63. The van der Waals surface area contributed by atoms with Gasteiger partial charge in [0.05, 0.1) is 12.2 Å². The van der Waals surface area contributed by atoms with Crippen molar-refractivity contribution >= 4 is 40.2 Å². The largest absolute Gasteiger partial charge is 0.476 e. The minimum Gasteiger partial charge on any atom is -0.476 e. The molecule has 0 bridgehead atoms. The number of aromatic carboxylic acids is 1. The van der Waals surface area contributed by atoms with Crippen molar-refractivity contribution in [2.75, 3.05) is 5.32 Å². The molecule has 7 nitrogen and oxygen atoms in total. The van der Waals surface area contributed by atoms with Gasteiger partial charge in [0.25, 0.3) is 0 Å². The smallest absolute Gasteiger partial charge is 0.356 e. The van der Waals surface area contributed by atoms with Crippen molar-refractivity contribution in [1.82, 2.24) is 19.6 Å². The van der Waals surface area contributed by atoms with E-state index in [0.29, 0.717) is 16.7 Å². The predicted octanol–water partition coefficient (Wildman–Crippen LogP) is 3.82. The zero-order chi connectivity index (χ0) is 18.1. The molecule has 0 atom stereocenters. The highest BCUT2D eigenvalue weighted by Gasteiger charge is 2.13. The summed E-state index contributed by atoms with van der Waals surface area (Å²) in [5.41, 5.74) is 3.01. The van der Waals surface area contributed by atoms with Gasteiger partial charge in [-0.1, -0.05) is 23.7 Å². The minimum absolute atomic E-state index is 0.0405. The Kier molecular flexibility index (Phi) is 4.27. The Balaban J connectivity index is 1.65. The fourth-order valence-electron chi connectivity index (χ4n) is 2.56. The SMILES string of the molecule is O=C(O)c1cc2nccc(-c3cccc(NCc4cnc(Cl)s4)c3)n2n1. The molecule has 0 aliphatic carbocycles. The van der Waals surface area contributed by atoms with Gasteiger partial charge in [-0.2, -0.15) is 5.10 Å². The Labute approximate surface area is 156 Å². The molecule has 3 heterocycles. The summed E-state index contributed by atoms with van der Waals surface area (Å²) in [7, 11) is 0. The summed E-state index contributed by atoms with van der Waals surface area (Å²) in [6.45, 7) is 0.616. The number of fused-ring (bicyclic) bond motifs is 1. The molecular weight excluding hydrogens is 374 g/mol. The van der Waals surface area contributed by atoms with E-state index in [0.717, 1.165) is 21.8 Å². The predicted molar refractivity (Wildman–Crippen MR) is 99.8 cm³/mol. The molecule has 1 aromatic carbocycles. The van der Waals surface area contributed by atoms with Gasteiger partial charge in [0, 0.05) is 34.6 Å². The van der Waals surface area contributed by atoms with E-state index in [4.69, 9.17) is 16.7 Å². The van der Waals surface area contributed by atoms with Gasteiger partial charge < -0.3 is 10.4 Å². The molecule has 0 aliphatic rings. The molecule has 4 rings (SSSR count). The van der Waals surface area contributed by atoms with E-state index in [2.05, 4.69) is 20.4 Å². The third kappa shape index (κ3) is 3.24. The van der Waals surface area contributed by atoms with Crippen molar-refractivity contribution < 1.29 is 9.90 Å². The van der Waals surface area contributed by atoms with Gasteiger partial charge in [0.1, 0.15) is 0 Å². The van der Waals surface area contributed by atoms with E-state index in [-0.39, 0.29) is 5.69 Å². The average Bonchev–Trinajstić information content (AvgIpc) is 3.26. The zero-order valence-corrected chi connectivity index (χ0v) is 14.8. The second kappa shape index (κ2) is 6.74. The maximum atomic E-state index is 11.2. The van der Waals surface area contributed by atoms with Crippen LogP contribution < -0.4 is 5.32 Å². The summed E-state index contributed by atoms with van der Waals surface area (Å²) in [5, 5.41) is 16.6. The van der Waals surface area contributed by atoms with Crippen LogP contribution in [0.15, 0.2) is 48.8 Å². The van der Waals surface area contributed by atoms with Crippen molar-refractivity contribution in [2.24, 2.45) is 0 Å². The average molecular weight is 386 g/mol. The summed E-state index contributed by atoms with van der Waals surface area (Å²) in [4.78, 5) is 20.4. The molecule has 26 heavy (non-hydrogen) atoms. The number of hydrogen-bond donors (Lipinski definition) is 2. The molecule has 0 unspecified atom stereocenters. The van der Waals surface area contributed by atoms with Gasteiger partial charge in [-0.15, -0.1) is 11.3 Å². The normalized spacial score (nSPS) is 11.0. The number of aromatic nitrogens is 4. The molecule has 0 amide bonds. The Morgan fingerprint density at radius 1 is 1.27 bits per heavy atom. The van der Waals surface area contributed by atoms with Crippen LogP contribution in [0, 0.1) is 0 Å². The standard InChI is InChI=1S/C17H12ClN5O2S/c18-17-21-9-12(26-17)8-20-11-3-1-2-10(6-11)14-4-5-19-15-7-13(16(24)25)22-23(14)15/h1-7,9,20H,8H2,(H,24,25). The van der Waals surface area contributed by atoms with Crippen molar-refractivity contribution in [2.45, 2.75) is 6.54 Å². The third-order valence-electron chi connectivity index (χ3n) is 3.73. The molecule has 2 N–H and O–H groups in total. The van der Waals surface area contributed by atoms with Crippen LogP contribution in [0.3, 0.4) is 0 Å². The number of nitrogens with one attached hydrogen (secondary N) is 1. The number of rotatable bonds is 5. The third-order valence-corrected chi connectivity index (χ3v) is 4.84. The van der Waals surface area contributed by atoms with Gasteiger partial charge in [-0.05, 0) is 18.2 Å². The number of halogens is 1. The van der Waals surface area contributed by atoms with E-state index in [1.807, 2.05) is 24.3 Å². The van der Waals surface area contributed by atoms with Crippen LogP contribution >= 0.6 is 22.9 Å². The van der Waals surface area contributed by atoms with Crippen LogP contribution in [0.1, 0.15) is 15.4 Å². The van der Waals surface area contributed by atoms with E-state index in [9.17, 15) is 4.79 Å². The zero-order valence-electron chi connectivity index (χ0n) is 13.3. The minimum atomic E-state index is -1.08. The fourth-order valence-corrected chi connectivity index (χ4v) is 3.48. The topological polar surface area (TPSA) is 92.4 Å². The maximum absolute atomic E-state index is 11.2. The van der Waals surface area contributed by atoms with Gasteiger partial charge >= 0.3 is 5.97 Å². The first-order valence-corrected chi connectivity index (χ1v) is 8.82. The maximum Gasteiger partial charge on any atom is 0.356 e. The molecule has 0 spiro atoms. The van der Waals surface area contributed by atoms with Crippen molar-refractivity contribution in [3.05, 3.63) is 63.8 Å². The molecule has 0 saturated carbocycles. The van der Waals surface area contributed by atoms with E-state index in [1.54, 1.807) is 18.5 Å². The van der Waals surface area contributed by atoms with Gasteiger partial charge in [-0.25, -0.2) is 19.3 Å². The lowest BCUT2D eigenvalue weighted by molar-refractivity contribution is 0.0690. The monoisotopic (exact) mass is 385 g/mol. The lowest BCUT2D eigenvalue weighted by atomic mass is 10.1. The van der Waals surface area contributed by atoms with Crippen molar-refractivity contribution in [3.8, 4) is 11.3 Å². The molecule has 0 radical (unpaired) electrons. The van der Waals surface area contributed by atoms with Crippen LogP contribution in [0.4, 0.5) is 5.69 Å². The lowest BCUT2D eigenvalue weighted by Crippen LogP contribution is -2.01. The van der Waals surface area contributed by atoms with Crippen molar-refractivity contribution in [3.63, 3.8) is 0 Å². The Morgan fingerprint density at radius 3 is 2.92 bits per heavy atom. The van der Waals surface area contributed by atoms with Crippen molar-refractivity contribution in [1.29, 1.82) is 0 Å². The highest BCUT2D eigenvalue weighted by Crippen LogP contribution is 2.24. The van der Waals surface area contributed by atoms with Crippen LogP contribution in [-0.4, -0.2) is 30.7 Å². The number of benzene rings is 1. The Morgan fingerprint density at radius 2 is 2.15 bits per heavy atom. The Hall–Kier alpha value is -2.97. The second-order valence-corrected chi connectivity index (χ2v) is 7.15. The molecule has 0 aliphatic heterocycles. The number of carbonyl (C=O) groups is 1. The first kappa shape index (κ1) is 16.5. The van der Waals surface area contributed by atoms with Crippen LogP contribution in [0.5, 0.6) is 0 Å². The number of carboxylic acid groups (broad SMARTS) is 1. The first-order chi connectivity index (χ1) is 12.6. The van der Waals surface area contributed by atoms with E-state index < -0.39 is 5.97 Å². The van der Waals surface area contributed by atoms with Gasteiger partial charge in [0.15, 0.2) is 15.8 Å². The summed E-state index contributed by atoms with van der Waals surface area (Å²) in [6.07, 6.45) is 3.38. The molecule has 130 valence electrons. The van der Waals surface area contributed by atoms with E-state index in [1.165, 1.54) is 21.9 Å². The number of anilines is 1. The summed E-state index contributed by atoms with van der Waals surface area (Å²) in [6, 6.07) is 11.0. The lowest BCUT2D eigenvalue weighted by Gasteiger charge is -2.08. The molecular formula is C17H12ClN5O2S. The number of carboxylic acids is 1. The van der Waals surface area contributed by atoms with Crippen LogP contribution in [-0.2, 0) is 6.54 Å². The summed E-state index contributed by atoms with van der Waals surface area (Å²) < 4.78 is 2.05. The molecule has 3 aromatic heterocycles. The number of nitrogens with zero attached hydrogens (tertiary/aromatic N) is 4. The highest BCUT2D eigenvalue weighted by molar-refractivity contribution is 7.15. The quantitative estimate of drug-likeness (QED) is 0.542. The highest BCUT2D eigenvalue weighted by atomic mass is 35.5. The summed E-state index contributed by atoms with van der Waals surface area (Å²) in [5.74, 6) is -1.08. The van der Waals surface area contributed by atoms with Gasteiger partial charge in [-0.3, -0.25) is 0 Å². The second-order valence-electron chi connectivity index (χ2n) is 5.45. The molecule has 0 fully saturated rings.